The van der Waals surface area contributed by atoms with E-state index < -0.39 is 91.5 Å². The highest BCUT2D eigenvalue weighted by Gasteiger charge is 2.29. The first-order chi connectivity index (χ1) is 51.2. The van der Waals surface area contributed by atoms with Crippen molar-refractivity contribution in [3.05, 3.63) is 158 Å². The molecule has 0 amide bonds. The number of carbonyl (C=O) groups excluding carboxylic acids is 3. The van der Waals surface area contributed by atoms with Gasteiger partial charge >= 0.3 is 33.6 Å². The Labute approximate surface area is 638 Å². The summed E-state index contributed by atoms with van der Waals surface area (Å²) in [6.45, 7) is 2.37. The van der Waals surface area contributed by atoms with E-state index in [1.165, 1.54) is 103 Å². The van der Waals surface area contributed by atoms with E-state index in [0.717, 1.165) is 154 Å². The molecule has 0 fully saturated rings. The summed E-state index contributed by atoms with van der Waals surface area (Å²) in [6.07, 6.45) is 98.6. The van der Waals surface area contributed by atoms with Crippen molar-refractivity contribution in [3.8, 4) is 0 Å². The van der Waals surface area contributed by atoms with E-state index in [-0.39, 0.29) is 19.3 Å². The maximum Gasteiger partial charge on any atom is 0.472 e. The highest BCUT2D eigenvalue weighted by molar-refractivity contribution is 7.47. The molecule has 0 aliphatic carbocycles. The third kappa shape index (κ3) is 80.0. The molecule has 0 aliphatic rings. The number of aliphatic hydroxyl groups excluding tert-OH is 2. The minimum atomic E-state index is -4.95. The first-order valence-electron chi connectivity index (χ1n) is 40.8. The number of hydrogen-bond acceptors (Lipinski definition) is 14. The molecule has 0 aromatic carbocycles. The summed E-state index contributed by atoms with van der Waals surface area (Å²) in [5.41, 5.74) is 0. The average Bonchev–Trinajstić information content (AvgIpc) is 0.915. The van der Waals surface area contributed by atoms with Crippen molar-refractivity contribution >= 4 is 33.6 Å². The average molecular weight is 1510 g/mol. The van der Waals surface area contributed by atoms with E-state index in [1.807, 2.05) is 0 Å². The number of unbranched alkanes of at least 4 members (excludes halogenated alkanes) is 27. The van der Waals surface area contributed by atoms with Gasteiger partial charge in [-0.05, 0) is 148 Å². The topological polar surface area (TPSA) is 231 Å². The van der Waals surface area contributed by atoms with Crippen LogP contribution >= 0.6 is 15.6 Å². The molecule has 4 N–H and O–H groups in total. The van der Waals surface area contributed by atoms with E-state index in [0.29, 0.717) is 19.3 Å². The van der Waals surface area contributed by atoms with E-state index in [9.17, 15) is 43.5 Å². The first kappa shape index (κ1) is 100. The van der Waals surface area contributed by atoms with Crippen LogP contribution in [0.2, 0.25) is 0 Å². The SMILES string of the molecule is CC/C=C\C/C=C\C/C=C\C/C=C\C/C=C\CCCCCC(=O)OCC(COP(=O)(O)OCC(O)COP(=O)(O)OCC(O)COC(=O)CCCCCCCCCCCCCCCCC/C=C\C/C=C\C/C=C\C/C=C\CCCCC)OC(=O)CCCCCCCC/C=C\C/C=C\C/C=C\C/C=C\CC. The largest absolute Gasteiger partial charge is 0.472 e. The van der Waals surface area contributed by atoms with Gasteiger partial charge in [-0.15, -0.1) is 0 Å². The van der Waals surface area contributed by atoms with Gasteiger partial charge in [0.05, 0.1) is 26.4 Å². The van der Waals surface area contributed by atoms with Crippen LogP contribution in [0.1, 0.15) is 316 Å². The highest BCUT2D eigenvalue weighted by Crippen LogP contribution is 2.45. The van der Waals surface area contributed by atoms with Crippen molar-refractivity contribution in [1.82, 2.24) is 0 Å². The summed E-state index contributed by atoms with van der Waals surface area (Å²) in [5, 5.41) is 20.7. The van der Waals surface area contributed by atoms with Crippen LogP contribution in [0.3, 0.4) is 0 Å². The summed E-state index contributed by atoms with van der Waals surface area (Å²) in [4.78, 5) is 58.7. The number of allylic oxidation sites excluding steroid dienone is 26. The number of rotatable bonds is 76. The lowest BCUT2D eigenvalue weighted by Gasteiger charge is -2.21. The van der Waals surface area contributed by atoms with Crippen molar-refractivity contribution in [3.63, 3.8) is 0 Å². The van der Waals surface area contributed by atoms with Gasteiger partial charge in [0.25, 0.3) is 0 Å². The molecule has 0 heterocycles. The molecule has 0 saturated heterocycles. The predicted octanol–water partition coefficient (Wildman–Crippen LogP) is 24.2. The monoisotopic (exact) mass is 1510 g/mol. The number of esters is 3. The van der Waals surface area contributed by atoms with Gasteiger partial charge in [0.15, 0.2) is 6.10 Å². The molecule has 18 heteroatoms. The number of carbonyl (C=O) groups is 3. The Hall–Kier alpha value is -4.83. The summed E-state index contributed by atoms with van der Waals surface area (Å²) in [7, 11) is -9.82. The molecule has 16 nitrogen and oxygen atoms in total. The van der Waals surface area contributed by atoms with Crippen LogP contribution in [-0.4, -0.2) is 95.9 Å². The van der Waals surface area contributed by atoms with Gasteiger partial charge in [-0.2, -0.15) is 0 Å². The second-order valence-electron chi connectivity index (χ2n) is 26.8. The third-order valence-corrected chi connectivity index (χ3v) is 18.6. The first-order valence-corrected chi connectivity index (χ1v) is 43.8. The molecular weight excluding hydrogens is 1360 g/mol. The minimum absolute atomic E-state index is 0.0755. The Bertz CT molecular complexity index is 2540. The van der Waals surface area contributed by atoms with Gasteiger partial charge in [-0.3, -0.25) is 32.5 Å². The number of phosphoric ester groups is 2. The molecule has 0 aromatic heterocycles. The van der Waals surface area contributed by atoms with Crippen molar-refractivity contribution in [2.24, 2.45) is 0 Å². The van der Waals surface area contributed by atoms with Crippen LogP contribution in [-0.2, 0) is 55.8 Å². The van der Waals surface area contributed by atoms with Gasteiger partial charge in [-0.1, -0.05) is 307 Å². The second kappa shape index (κ2) is 78.7. The molecule has 0 spiro atoms. The number of phosphoric acid groups is 2. The molecular formula is C87H146O16P2. The van der Waals surface area contributed by atoms with Crippen LogP contribution in [0.15, 0.2) is 158 Å². The molecule has 0 bridgehead atoms. The van der Waals surface area contributed by atoms with Gasteiger partial charge < -0.3 is 34.2 Å². The lowest BCUT2D eigenvalue weighted by atomic mass is 10.0. The second-order valence-corrected chi connectivity index (χ2v) is 29.7. The number of aliphatic hydroxyl groups is 2. The lowest BCUT2D eigenvalue weighted by molar-refractivity contribution is -0.161. The summed E-state index contributed by atoms with van der Waals surface area (Å²) < 4.78 is 61.2. The smallest absolute Gasteiger partial charge is 0.463 e. The highest BCUT2D eigenvalue weighted by atomic mass is 31.2. The van der Waals surface area contributed by atoms with Crippen LogP contribution in [0.4, 0.5) is 0 Å². The summed E-state index contributed by atoms with van der Waals surface area (Å²) >= 11 is 0. The quantitative estimate of drug-likeness (QED) is 0.0146. The number of ether oxygens (including phenoxy) is 3. The maximum absolute atomic E-state index is 13.0. The lowest BCUT2D eigenvalue weighted by Crippen LogP contribution is -2.30. The Morgan fingerprint density at radius 3 is 0.810 bits per heavy atom. The Morgan fingerprint density at radius 1 is 0.276 bits per heavy atom. The van der Waals surface area contributed by atoms with E-state index in [2.05, 4.69) is 179 Å². The van der Waals surface area contributed by atoms with Crippen molar-refractivity contribution in [2.75, 3.05) is 39.6 Å². The Kier molecular flexibility index (Phi) is 75.1. The van der Waals surface area contributed by atoms with E-state index >= 15 is 0 Å². The molecule has 0 aliphatic heterocycles. The summed E-state index contributed by atoms with van der Waals surface area (Å²) in [5.74, 6) is -1.63. The third-order valence-electron chi connectivity index (χ3n) is 16.7. The standard InChI is InChI=1S/C87H146O16P2/c1-4-7-10-13-16-19-22-25-28-31-34-35-36-37-38-39-40-41-42-43-44-45-48-50-52-55-58-61-64-67-70-73-85(90)97-76-82(88)77-99-104(93,94)100-78-83(89)79-101-105(95,96)102-81-84(103-87(92)75-72-69-66-63-60-57-54-51-47-33-30-27-24-21-18-15-12-9-6-3)80-98-86(91)74-71-68-65-62-59-56-53-49-46-32-29-26-23-20-17-14-11-8-5-2/h8-9,11-12,16-21,25-30,34-35,37-38,46-47,49,51,56,59,82-84,88-89H,4-7,10,13-15,22-24,31-33,36,39-45,48,50,52-55,57-58,60-81H2,1-3H3,(H,93,94)(H,95,96)/b11-8-,12-9-,19-16-,20-17-,21-18-,28-25-,29-26-,30-27-,35-34-,38-37-,49-46-,51-47-,59-56-. The molecule has 5 unspecified atom stereocenters. The zero-order chi connectivity index (χ0) is 76.6. The molecule has 0 saturated carbocycles. The maximum atomic E-state index is 13.0. The molecule has 105 heavy (non-hydrogen) atoms. The zero-order valence-corrected chi connectivity index (χ0v) is 67.4. The minimum Gasteiger partial charge on any atom is -0.463 e. The van der Waals surface area contributed by atoms with Gasteiger partial charge in [0, 0.05) is 19.3 Å². The molecule has 0 aromatic rings. The van der Waals surface area contributed by atoms with Gasteiger partial charge in [0.1, 0.15) is 25.4 Å². The van der Waals surface area contributed by atoms with Crippen LogP contribution in [0.5, 0.6) is 0 Å². The zero-order valence-electron chi connectivity index (χ0n) is 65.6. The predicted molar refractivity (Wildman–Crippen MR) is 435 cm³/mol. The Balaban J connectivity index is 4.57. The van der Waals surface area contributed by atoms with Crippen LogP contribution in [0, 0.1) is 0 Å². The van der Waals surface area contributed by atoms with Gasteiger partial charge in [-0.25, -0.2) is 9.13 Å². The van der Waals surface area contributed by atoms with Crippen molar-refractivity contribution < 1.29 is 75.8 Å². The number of hydrogen-bond donors (Lipinski definition) is 4. The fraction of sp³-hybridized carbons (Fsp3) is 0.667. The van der Waals surface area contributed by atoms with Crippen LogP contribution < -0.4 is 0 Å². The fourth-order valence-electron chi connectivity index (χ4n) is 10.6. The van der Waals surface area contributed by atoms with Crippen molar-refractivity contribution in [1.29, 1.82) is 0 Å². The van der Waals surface area contributed by atoms with E-state index in [1.54, 1.807) is 0 Å². The molecule has 0 rings (SSSR count). The van der Waals surface area contributed by atoms with Crippen LogP contribution in [0.25, 0.3) is 0 Å². The summed E-state index contributed by atoms with van der Waals surface area (Å²) in [6, 6.07) is 0. The normalized spacial score (nSPS) is 14.8. The molecule has 600 valence electrons. The molecule has 0 radical (unpaired) electrons. The van der Waals surface area contributed by atoms with Crippen molar-refractivity contribution in [2.45, 2.75) is 334 Å². The van der Waals surface area contributed by atoms with Gasteiger partial charge in [0.2, 0.25) is 0 Å². The molecule has 5 atom stereocenters. The fourth-order valence-corrected chi connectivity index (χ4v) is 12.2. The Morgan fingerprint density at radius 2 is 0.505 bits per heavy atom. The van der Waals surface area contributed by atoms with E-state index in [4.69, 9.17) is 32.3 Å².